The van der Waals surface area contributed by atoms with Gasteiger partial charge in [0.2, 0.25) is 10.0 Å². The minimum Gasteiger partial charge on any atom is -0.337 e. The Morgan fingerprint density at radius 1 is 1.14 bits per heavy atom. The number of rotatable bonds is 5. The van der Waals surface area contributed by atoms with Crippen LogP contribution >= 0.6 is 12.4 Å². The molecule has 0 bridgehead atoms. The summed E-state index contributed by atoms with van der Waals surface area (Å²) in [4.78, 5) is 17.6. The summed E-state index contributed by atoms with van der Waals surface area (Å²) >= 11 is 0. The standard InChI is InChI=1S/C19H28N4O3S.ClH/c1-14-2-5-17(27(25,26)21-15-3-4-15)12-18(14)19(24)23-9-6-16(13-23)22-10-7-20-8-11-22;/h2,5,12,15-16,20-21H,3-4,6-11,13H2,1H3;1H. The maximum absolute atomic E-state index is 13.1. The smallest absolute Gasteiger partial charge is 0.254 e. The van der Waals surface area contributed by atoms with Gasteiger partial charge in [0.25, 0.3) is 5.91 Å². The molecule has 2 saturated heterocycles. The molecule has 0 spiro atoms. The number of hydrogen-bond acceptors (Lipinski definition) is 5. The third-order valence-electron chi connectivity index (χ3n) is 5.77. The lowest BCUT2D eigenvalue weighted by Gasteiger charge is -2.32. The SMILES string of the molecule is Cc1ccc(S(=O)(=O)NC2CC2)cc1C(=O)N1CCC(N2CCNCC2)C1.Cl. The monoisotopic (exact) mass is 428 g/mol. The van der Waals surface area contributed by atoms with Crippen molar-refractivity contribution in [2.24, 2.45) is 0 Å². The van der Waals surface area contributed by atoms with Gasteiger partial charge in [-0.25, -0.2) is 13.1 Å². The molecular formula is C19H29ClN4O3S. The maximum atomic E-state index is 13.1. The van der Waals surface area contributed by atoms with Gasteiger partial charge in [-0.05, 0) is 43.9 Å². The molecule has 1 aliphatic carbocycles. The molecular weight excluding hydrogens is 400 g/mol. The number of nitrogens with one attached hydrogen (secondary N) is 2. The Kier molecular flexibility index (Phi) is 6.66. The molecule has 9 heteroatoms. The van der Waals surface area contributed by atoms with Crippen LogP contribution in [0.15, 0.2) is 23.1 Å². The topological polar surface area (TPSA) is 81.8 Å². The van der Waals surface area contributed by atoms with Crippen LogP contribution in [-0.2, 0) is 10.0 Å². The van der Waals surface area contributed by atoms with Crippen LogP contribution in [0.1, 0.15) is 35.2 Å². The normalized spacial score (nSPS) is 23.5. The summed E-state index contributed by atoms with van der Waals surface area (Å²) in [5, 5.41) is 3.36. The second-order valence-electron chi connectivity index (χ2n) is 7.85. The highest BCUT2D eigenvalue weighted by molar-refractivity contribution is 7.89. The van der Waals surface area contributed by atoms with Crippen LogP contribution in [0, 0.1) is 6.92 Å². The van der Waals surface area contributed by atoms with Gasteiger partial charge in [0.05, 0.1) is 4.90 Å². The number of sulfonamides is 1. The average molecular weight is 429 g/mol. The summed E-state index contributed by atoms with van der Waals surface area (Å²) in [5.41, 5.74) is 1.31. The van der Waals surface area contributed by atoms with Crippen molar-refractivity contribution in [1.82, 2.24) is 19.8 Å². The second kappa shape index (κ2) is 8.67. The molecule has 3 aliphatic rings. The van der Waals surface area contributed by atoms with E-state index in [1.165, 1.54) is 0 Å². The van der Waals surface area contributed by atoms with E-state index >= 15 is 0 Å². The lowest BCUT2D eigenvalue weighted by atomic mass is 10.1. The Hall–Kier alpha value is -1.19. The predicted octanol–water partition coefficient (Wildman–Crippen LogP) is 0.977. The Morgan fingerprint density at radius 3 is 2.54 bits per heavy atom. The number of benzene rings is 1. The van der Waals surface area contributed by atoms with Gasteiger partial charge < -0.3 is 10.2 Å². The van der Waals surface area contributed by atoms with Crippen molar-refractivity contribution in [3.8, 4) is 0 Å². The second-order valence-corrected chi connectivity index (χ2v) is 9.57. The number of amides is 1. The van der Waals surface area contributed by atoms with Crippen molar-refractivity contribution in [2.45, 2.75) is 43.2 Å². The lowest BCUT2D eigenvalue weighted by molar-refractivity contribution is 0.0772. The molecule has 3 fully saturated rings. The largest absolute Gasteiger partial charge is 0.337 e. The summed E-state index contributed by atoms with van der Waals surface area (Å²) in [5.74, 6) is -0.0615. The number of halogens is 1. The Balaban J connectivity index is 0.00000225. The van der Waals surface area contributed by atoms with Gasteiger partial charge in [-0.2, -0.15) is 0 Å². The van der Waals surface area contributed by atoms with Crippen molar-refractivity contribution in [3.05, 3.63) is 29.3 Å². The van der Waals surface area contributed by atoms with E-state index in [0.717, 1.165) is 64.1 Å². The zero-order chi connectivity index (χ0) is 19.0. The number of aryl methyl sites for hydroxylation is 1. The van der Waals surface area contributed by atoms with E-state index < -0.39 is 10.0 Å². The fourth-order valence-corrected chi connectivity index (χ4v) is 5.26. The van der Waals surface area contributed by atoms with Crippen LogP contribution in [0.5, 0.6) is 0 Å². The molecule has 2 N–H and O–H groups in total. The summed E-state index contributed by atoms with van der Waals surface area (Å²) in [6, 6.07) is 5.32. The minimum absolute atomic E-state index is 0. The molecule has 1 unspecified atom stereocenters. The number of carbonyl (C=O) groups excluding carboxylic acids is 1. The molecule has 0 aromatic heterocycles. The van der Waals surface area contributed by atoms with Crippen molar-refractivity contribution in [1.29, 1.82) is 0 Å². The predicted molar refractivity (Wildman–Crippen MR) is 111 cm³/mol. The van der Waals surface area contributed by atoms with Gasteiger partial charge in [-0.1, -0.05) is 6.07 Å². The first-order valence-corrected chi connectivity index (χ1v) is 11.3. The van der Waals surface area contributed by atoms with Gasteiger partial charge in [0, 0.05) is 56.9 Å². The van der Waals surface area contributed by atoms with Gasteiger partial charge in [-0.3, -0.25) is 9.69 Å². The van der Waals surface area contributed by atoms with Gasteiger partial charge in [0.1, 0.15) is 0 Å². The molecule has 1 atom stereocenters. The van der Waals surface area contributed by atoms with Gasteiger partial charge >= 0.3 is 0 Å². The maximum Gasteiger partial charge on any atom is 0.254 e. The van der Waals surface area contributed by atoms with Crippen LogP contribution in [0.2, 0.25) is 0 Å². The first-order chi connectivity index (χ1) is 12.9. The summed E-state index contributed by atoms with van der Waals surface area (Å²) in [6.07, 6.45) is 2.75. The zero-order valence-electron chi connectivity index (χ0n) is 16.2. The molecule has 4 rings (SSSR count). The summed E-state index contributed by atoms with van der Waals surface area (Å²) < 4.78 is 27.7. The number of hydrogen-bond donors (Lipinski definition) is 2. The highest BCUT2D eigenvalue weighted by atomic mass is 35.5. The zero-order valence-corrected chi connectivity index (χ0v) is 17.8. The number of likely N-dealkylation sites (tertiary alicyclic amines) is 1. The highest BCUT2D eigenvalue weighted by Crippen LogP contribution is 2.25. The number of carbonyl (C=O) groups is 1. The summed E-state index contributed by atoms with van der Waals surface area (Å²) in [7, 11) is -3.56. The van der Waals surface area contributed by atoms with E-state index in [4.69, 9.17) is 0 Å². The number of piperazine rings is 1. The lowest BCUT2D eigenvalue weighted by Crippen LogP contribution is -2.49. The first-order valence-electron chi connectivity index (χ1n) is 9.81. The third-order valence-corrected chi connectivity index (χ3v) is 7.29. The molecule has 28 heavy (non-hydrogen) atoms. The van der Waals surface area contributed by atoms with Crippen LogP contribution in [-0.4, -0.2) is 75.5 Å². The molecule has 1 saturated carbocycles. The van der Waals surface area contributed by atoms with Crippen LogP contribution in [0.25, 0.3) is 0 Å². The van der Waals surface area contributed by atoms with E-state index in [-0.39, 0.29) is 29.3 Å². The molecule has 7 nitrogen and oxygen atoms in total. The minimum atomic E-state index is -3.56. The molecule has 1 amide bonds. The Labute approximate surface area is 173 Å². The van der Waals surface area contributed by atoms with Crippen LogP contribution < -0.4 is 10.0 Å². The van der Waals surface area contributed by atoms with Gasteiger partial charge in [-0.15, -0.1) is 12.4 Å². The van der Waals surface area contributed by atoms with E-state index in [2.05, 4.69) is 14.9 Å². The summed E-state index contributed by atoms with van der Waals surface area (Å²) in [6.45, 7) is 7.34. The molecule has 0 radical (unpaired) electrons. The van der Waals surface area contributed by atoms with Crippen LogP contribution in [0.3, 0.4) is 0 Å². The number of nitrogens with zero attached hydrogens (tertiary/aromatic N) is 2. The van der Waals surface area contributed by atoms with Crippen molar-refractivity contribution in [2.75, 3.05) is 39.3 Å². The van der Waals surface area contributed by atoms with Crippen molar-refractivity contribution < 1.29 is 13.2 Å². The fourth-order valence-electron chi connectivity index (χ4n) is 3.93. The fraction of sp³-hybridized carbons (Fsp3) is 0.632. The highest BCUT2D eigenvalue weighted by Gasteiger charge is 2.33. The van der Waals surface area contributed by atoms with Gasteiger partial charge in [0.15, 0.2) is 0 Å². The quantitative estimate of drug-likeness (QED) is 0.730. The average Bonchev–Trinajstić information content (AvgIpc) is 3.32. The third kappa shape index (κ3) is 4.68. The Morgan fingerprint density at radius 2 is 1.86 bits per heavy atom. The molecule has 156 valence electrons. The van der Waals surface area contributed by atoms with Crippen molar-refractivity contribution in [3.63, 3.8) is 0 Å². The van der Waals surface area contributed by atoms with E-state index in [0.29, 0.717) is 11.6 Å². The van der Waals surface area contributed by atoms with Crippen molar-refractivity contribution >= 4 is 28.3 Å². The molecule has 1 aromatic carbocycles. The molecule has 2 heterocycles. The molecule has 1 aromatic rings. The van der Waals surface area contributed by atoms with Crippen LogP contribution in [0.4, 0.5) is 0 Å². The Bertz CT molecular complexity index is 822. The van der Waals surface area contributed by atoms with E-state index in [1.54, 1.807) is 18.2 Å². The van der Waals surface area contributed by atoms with E-state index in [1.807, 2.05) is 11.8 Å². The van der Waals surface area contributed by atoms with E-state index in [9.17, 15) is 13.2 Å². The first kappa shape index (κ1) is 21.5. The molecule has 2 aliphatic heterocycles.